The Kier molecular flexibility index (Phi) is 5.83. The zero-order valence-electron chi connectivity index (χ0n) is 21.7. The Morgan fingerprint density at radius 1 is 1.11 bits per heavy atom. The van der Waals surface area contributed by atoms with Gasteiger partial charge >= 0.3 is 5.76 Å². The number of fused-ring (bicyclic) bond motifs is 3. The van der Waals surface area contributed by atoms with E-state index in [2.05, 4.69) is 28.3 Å². The minimum atomic E-state index is -0.592. The number of aromatic amines is 1. The van der Waals surface area contributed by atoms with E-state index in [9.17, 15) is 4.79 Å². The van der Waals surface area contributed by atoms with E-state index in [4.69, 9.17) is 24.0 Å². The van der Waals surface area contributed by atoms with Gasteiger partial charge in [-0.3, -0.25) is 14.1 Å². The number of benzene rings is 2. The SMILES string of the molecule is CCOc1nc2c(C)cc(C)nc2n1Cc1ccc2c(c1)COc1ccccc1/C2=C(\C)c1noc(=O)[nH]1. The van der Waals surface area contributed by atoms with Crippen molar-refractivity contribution >= 4 is 22.3 Å². The van der Waals surface area contributed by atoms with E-state index in [0.717, 1.165) is 61.6 Å². The van der Waals surface area contributed by atoms with Crippen LogP contribution in [0.3, 0.4) is 0 Å². The third-order valence-electron chi connectivity index (χ3n) is 6.75. The highest BCUT2D eigenvalue weighted by Crippen LogP contribution is 2.40. The van der Waals surface area contributed by atoms with Gasteiger partial charge in [0.05, 0.1) is 13.2 Å². The molecule has 1 aliphatic rings. The Balaban J connectivity index is 1.48. The second-order valence-corrected chi connectivity index (χ2v) is 9.39. The molecule has 1 aliphatic heterocycles. The molecule has 0 saturated heterocycles. The van der Waals surface area contributed by atoms with Crippen LogP contribution in [-0.4, -0.2) is 31.3 Å². The number of rotatable bonds is 5. The Bertz CT molecular complexity index is 1780. The third kappa shape index (κ3) is 4.06. The lowest BCUT2D eigenvalue weighted by molar-refractivity contribution is 0.300. The summed E-state index contributed by atoms with van der Waals surface area (Å²) in [6, 6.07) is 16.8. The van der Waals surface area contributed by atoms with E-state index in [0.29, 0.717) is 31.6 Å². The molecule has 6 rings (SSSR count). The van der Waals surface area contributed by atoms with Crippen LogP contribution in [0.25, 0.3) is 22.3 Å². The van der Waals surface area contributed by atoms with Gasteiger partial charge in [-0.25, -0.2) is 9.78 Å². The molecular weight excluding hydrogens is 482 g/mol. The first-order valence-electron chi connectivity index (χ1n) is 12.5. The second kappa shape index (κ2) is 9.33. The Morgan fingerprint density at radius 3 is 2.74 bits per heavy atom. The van der Waals surface area contributed by atoms with Crippen LogP contribution in [0, 0.1) is 13.8 Å². The normalized spacial score (nSPS) is 14.0. The Hall–Kier alpha value is -4.66. The summed E-state index contributed by atoms with van der Waals surface area (Å²) in [5.41, 5.74) is 9.37. The summed E-state index contributed by atoms with van der Waals surface area (Å²) in [5.74, 6) is 0.560. The number of H-pyrrole nitrogens is 1. The zero-order valence-corrected chi connectivity index (χ0v) is 21.7. The first-order valence-corrected chi connectivity index (χ1v) is 12.5. The summed E-state index contributed by atoms with van der Waals surface area (Å²) < 4.78 is 19.0. The van der Waals surface area contributed by atoms with Crippen LogP contribution in [0.2, 0.25) is 0 Å². The highest BCUT2D eigenvalue weighted by Gasteiger charge is 2.24. The molecule has 0 fully saturated rings. The highest BCUT2D eigenvalue weighted by atomic mass is 16.5. The van der Waals surface area contributed by atoms with Crippen molar-refractivity contribution in [3.05, 3.63) is 98.4 Å². The van der Waals surface area contributed by atoms with Crippen molar-refractivity contribution in [2.75, 3.05) is 6.61 Å². The molecule has 3 aromatic heterocycles. The molecule has 9 heteroatoms. The minimum absolute atomic E-state index is 0.389. The number of nitrogens with one attached hydrogen (secondary N) is 1. The monoisotopic (exact) mass is 509 g/mol. The average Bonchev–Trinajstić information content (AvgIpc) is 3.43. The number of imidazole rings is 1. The molecular formula is C29H27N5O4. The number of pyridine rings is 1. The van der Waals surface area contributed by atoms with Gasteiger partial charge in [0, 0.05) is 16.8 Å². The number of para-hydroxylation sites is 1. The lowest BCUT2D eigenvalue weighted by Gasteiger charge is -2.15. The molecule has 192 valence electrons. The maximum atomic E-state index is 11.7. The molecule has 0 atom stereocenters. The van der Waals surface area contributed by atoms with E-state index in [1.807, 2.05) is 62.6 Å². The van der Waals surface area contributed by atoms with E-state index in [1.165, 1.54) is 0 Å². The minimum Gasteiger partial charge on any atom is -0.488 e. The molecule has 0 spiro atoms. The number of allylic oxidation sites excluding steroid dienone is 1. The van der Waals surface area contributed by atoms with Crippen LogP contribution in [0.4, 0.5) is 0 Å². The molecule has 0 unspecified atom stereocenters. The molecule has 1 N–H and O–H groups in total. The molecule has 0 amide bonds. The molecule has 0 aliphatic carbocycles. The number of hydrogen-bond donors (Lipinski definition) is 1. The predicted octanol–water partition coefficient (Wildman–Crippen LogP) is 5.04. The van der Waals surface area contributed by atoms with Crippen molar-refractivity contribution in [1.82, 2.24) is 24.7 Å². The van der Waals surface area contributed by atoms with Crippen LogP contribution < -0.4 is 15.2 Å². The fourth-order valence-electron chi connectivity index (χ4n) is 5.07. The lowest BCUT2D eigenvalue weighted by Crippen LogP contribution is -2.07. The molecule has 9 nitrogen and oxygen atoms in total. The predicted molar refractivity (Wildman–Crippen MR) is 143 cm³/mol. The average molecular weight is 510 g/mol. The number of nitrogens with zero attached hydrogens (tertiary/aromatic N) is 4. The van der Waals surface area contributed by atoms with E-state index in [1.54, 1.807) is 0 Å². The number of hydrogen-bond acceptors (Lipinski definition) is 7. The summed E-state index contributed by atoms with van der Waals surface area (Å²) >= 11 is 0. The maximum Gasteiger partial charge on any atom is 0.439 e. The van der Waals surface area contributed by atoms with Gasteiger partial charge in [0.1, 0.15) is 17.9 Å². The van der Waals surface area contributed by atoms with Gasteiger partial charge in [-0.1, -0.05) is 35.5 Å². The summed E-state index contributed by atoms with van der Waals surface area (Å²) in [4.78, 5) is 23.9. The van der Waals surface area contributed by atoms with Crippen LogP contribution in [0.5, 0.6) is 11.8 Å². The maximum absolute atomic E-state index is 11.7. The molecule has 2 aromatic carbocycles. The summed E-state index contributed by atoms with van der Waals surface area (Å²) in [6.45, 7) is 9.34. The van der Waals surface area contributed by atoms with Gasteiger partial charge in [0.2, 0.25) is 0 Å². The second-order valence-electron chi connectivity index (χ2n) is 9.39. The van der Waals surface area contributed by atoms with Crippen LogP contribution in [-0.2, 0) is 13.2 Å². The number of aryl methyl sites for hydroxylation is 2. The largest absolute Gasteiger partial charge is 0.488 e. The van der Waals surface area contributed by atoms with Crippen molar-refractivity contribution in [2.24, 2.45) is 0 Å². The standard InChI is InChI=1S/C29H27N5O4/c1-5-36-28-31-25-16(2)12-17(3)30-27(25)34(28)14-19-10-11-21-20(13-19)15-37-23-9-7-6-8-22(23)24(21)18(4)26-32-29(35)38-33-26/h6-13H,5,14-15H2,1-4H3,(H,32,33,35)/b24-18+. The van der Waals surface area contributed by atoms with Crippen LogP contribution >= 0.6 is 0 Å². The van der Waals surface area contributed by atoms with Gasteiger partial charge in [0.15, 0.2) is 11.5 Å². The lowest BCUT2D eigenvalue weighted by atomic mass is 9.89. The van der Waals surface area contributed by atoms with Gasteiger partial charge < -0.3 is 9.47 Å². The van der Waals surface area contributed by atoms with E-state index >= 15 is 0 Å². The van der Waals surface area contributed by atoms with Crippen molar-refractivity contribution in [3.63, 3.8) is 0 Å². The fourth-order valence-corrected chi connectivity index (χ4v) is 5.07. The number of aromatic nitrogens is 5. The van der Waals surface area contributed by atoms with Crippen LogP contribution in [0.15, 0.2) is 57.8 Å². The molecule has 4 heterocycles. The molecule has 0 radical (unpaired) electrons. The molecule has 0 saturated carbocycles. The Morgan fingerprint density at radius 2 is 1.95 bits per heavy atom. The first kappa shape index (κ1) is 23.7. The van der Waals surface area contributed by atoms with Crippen molar-refractivity contribution in [1.29, 1.82) is 0 Å². The quantitative estimate of drug-likeness (QED) is 0.353. The summed E-state index contributed by atoms with van der Waals surface area (Å²) in [5, 5.41) is 3.93. The first-order chi connectivity index (χ1) is 18.4. The van der Waals surface area contributed by atoms with Gasteiger partial charge in [0.25, 0.3) is 6.01 Å². The molecule has 0 bridgehead atoms. The van der Waals surface area contributed by atoms with E-state index in [-0.39, 0.29) is 0 Å². The number of ether oxygens (including phenoxy) is 2. The van der Waals surface area contributed by atoms with Crippen molar-refractivity contribution in [3.8, 4) is 11.8 Å². The molecule has 5 aromatic rings. The van der Waals surface area contributed by atoms with Gasteiger partial charge in [-0.15, -0.1) is 0 Å². The van der Waals surface area contributed by atoms with Crippen LogP contribution in [0.1, 0.15) is 53.2 Å². The Labute approximate surface area is 218 Å². The third-order valence-corrected chi connectivity index (χ3v) is 6.75. The fraction of sp³-hybridized carbons (Fsp3) is 0.241. The molecule has 38 heavy (non-hydrogen) atoms. The van der Waals surface area contributed by atoms with Crippen molar-refractivity contribution < 1.29 is 14.0 Å². The zero-order chi connectivity index (χ0) is 26.4. The summed E-state index contributed by atoms with van der Waals surface area (Å²) in [6.07, 6.45) is 0. The smallest absolute Gasteiger partial charge is 0.439 e. The highest BCUT2D eigenvalue weighted by molar-refractivity contribution is 5.99. The summed E-state index contributed by atoms with van der Waals surface area (Å²) in [7, 11) is 0. The van der Waals surface area contributed by atoms with Gasteiger partial charge in [-0.05, 0) is 73.7 Å². The van der Waals surface area contributed by atoms with Gasteiger partial charge in [-0.2, -0.15) is 4.98 Å². The van der Waals surface area contributed by atoms with E-state index < -0.39 is 5.76 Å². The van der Waals surface area contributed by atoms with Crippen molar-refractivity contribution in [2.45, 2.75) is 40.8 Å². The topological polar surface area (TPSA) is 108 Å².